The van der Waals surface area contributed by atoms with Gasteiger partial charge in [0.2, 0.25) is 0 Å². The van der Waals surface area contributed by atoms with Gasteiger partial charge in [-0.1, -0.05) is 12.1 Å². The summed E-state index contributed by atoms with van der Waals surface area (Å²) >= 11 is 5.29. The van der Waals surface area contributed by atoms with Crippen molar-refractivity contribution in [2.45, 2.75) is 12.5 Å². The Labute approximate surface area is 167 Å². The second-order valence-electron chi connectivity index (χ2n) is 5.72. The number of H-pyrrole nitrogens is 1. The number of ether oxygens (including phenoxy) is 3. The van der Waals surface area contributed by atoms with Crippen LogP contribution in [0.5, 0.6) is 17.2 Å². The molecule has 1 aromatic heterocycles. The van der Waals surface area contributed by atoms with E-state index in [1.807, 2.05) is 0 Å². The van der Waals surface area contributed by atoms with Crippen LogP contribution >= 0.6 is 12.2 Å². The van der Waals surface area contributed by atoms with E-state index in [-0.39, 0.29) is 10.6 Å². The van der Waals surface area contributed by atoms with Gasteiger partial charge in [0.1, 0.15) is 17.2 Å². The fraction of sp³-hybridized carbons (Fsp3) is 0.222. The highest BCUT2D eigenvalue weighted by molar-refractivity contribution is 7.71. The van der Waals surface area contributed by atoms with Crippen molar-refractivity contribution < 1.29 is 31.8 Å². The summed E-state index contributed by atoms with van der Waals surface area (Å²) in [5, 5.41) is 6.74. The van der Waals surface area contributed by atoms with Gasteiger partial charge in [-0.2, -0.15) is 22.7 Å². The highest BCUT2D eigenvalue weighted by atomic mass is 32.1. The van der Waals surface area contributed by atoms with Crippen molar-refractivity contribution in [3.8, 4) is 34.3 Å². The maximum atomic E-state index is 13.2. The molecule has 29 heavy (non-hydrogen) atoms. The summed E-state index contributed by atoms with van der Waals surface area (Å²) in [5.41, 5.74) is 0.809. The number of rotatable bonds is 7. The molecule has 0 saturated heterocycles. The number of hydrogen-bond donors (Lipinski definition) is 1. The van der Waals surface area contributed by atoms with Crippen LogP contribution in [0.15, 0.2) is 42.5 Å². The van der Waals surface area contributed by atoms with Crippen LogP contribution in [0.2, 0.25) is 0 Å². The molecule has 0 radical (unpaired) electrons. The molecule has 3 rings (SSSR count). The number of aromatic nitrogens is 3. The molecule has 0 aliphatic heterocycles. The number of nitrogens with zero attached hydrogens (tertiary/aromatic N) is 2. The molecule has 11 heteroatoms. The van der Waals surface area contributed by atoms with Crippen molar-refractivity contribution in [1.82, 2.24) is 14.8 Å². The zero-order valence-electron chi connectivity index (χ0n) is 15.2. The summed E-state index contributed by atoms with van der Waals surface area (Å²) in [6.07, 6.45) is -8.59. The molecule has 3 aromatic rings. The Bertz CT molecular complexity index is 1070. The van der Waals surface area contributed by atoms with Crippen LogP contribution < -0.4 is 14.2 Å². The highest BCUT2D eigenvalue weighted by Gasteiger charge is 2.44. The number of benzene rings is 2. The lowest BCUT2D eigenvalue weighted by molar-refractivity contribution is -0.253. The van der Waals surface area contributed by atoms with Gasteiger partial charge in [0.05, 0.1) is 19.9 Å². The first-order valence-electron chi connectivity index (χ1n) is 8.12. The molecule has 1 heterocycles. The molecule has 154 valence electrons. The molecule has 0 fully saturated rings. The zero-order valence-corrected chi connectivity index (χ0v) is 16.0. The van der Waals surface area contributed by atoms with Gasteiger partial charge >= 0.3 is 12.5 Å². The molecule has 0 atom stereocenters. The lowest BCUT2D eigenvalue weighted by atomic mass is 10.2. The normalized spacial score (nSPS) is 11.6. The quantitative estimate of drug-likeness (QED) is 0.430. The highest BCUT2D eigenvalue weighted by Crippen LogP contribution is 2.33. The number of aromatic amines is 1. The lowest BCUT2D eigenvalue weighted by Crippen LogP contribution is -2.33. The monoisotopic (exact) mass is 429 g/mol. The molecule has 0 aliphatic carbocycles. The molecule has 0 aliphatic rings. The van der Waals surface area contributed by atoms with Gasteiger partial charge in [-0.25, -0.2) is 0 Å². The summed E-state index contributed by atoms with van der Waals surface area (Å²) in [7, 11) is 2.96. The van der Waals surface area contributed by atoms with Crippen molar-refractivity contribution in [2.24, 2.45) is 0 Å². The Hall–Kier alpha value is -3.08. The Kier molecular flexibility index (Phi) is 5.78. The number of halogens is 4. The fourth-order valence-electron chi connectivity index (χ4n) is 2.58. The van der Waals surface area contributed by atoms with Crippen LogP contribution in [-0.2, 0) is 0 Å². The average Bonchev–Trinajstić information content (AvgIpc) is 3.08. The van der Waals surface area contributed by atoms with Crippen LogP contribution in [0.4, 0.5) is 17.6 Å². The fourth-order valence-corrected chi connectivity index (χ4v) is 2.81. The van der Waals surface area contributed by atoms with E-state index in [1.165, 1.54) is 24.9 Å². The second-order valence-corrected chi connectivity index (χ2v) is 6.10. The second kappa shape index (κ2) is 8.11. The van der Waals surface area contributed by atoms with Crippen molar-refractivity contribution >= 4 is 12.2 Å². The van der Waals surface area contributed by atoms with Crippen LogP contribution in [0.3, 0.4) is 0 Å². The Morgan fingerprint density at radius 1 is 1.07 bits per heavy atom. The van der Waals surface area contributed by atoms with Gasteiger partial charge < -0.3 is 14.2 Å². The molecule has 0 unspecified atom stereocenters. The van der Waals surface area contributed by atoms with E-state index in [4.69, 9.17) is 21.7 Å². The molecular weight excluding hydrogens is 414 g/mol. The summed E-state index contributed by atoms with van der Waals surface area (Å²) < 4.78 is 67.7. The Morgan fingerprint density at radius 3 is 2.48 bits per heavy atom. The summed E-state index contributed by atoms with van der Waals surface area (Å²) in [5.74, 6) is 0.755. The maximum Gasteiger partial charge on any atom is 0.461 e. The SMILES string of the molecule is COc1ccc(-n2c(-c3cccc(OC(F)(F)C(F)F)c3)n[nH]c2=S)c(OC)c1. The first-order chi connectivity index (χ1) is 13.8. The molecule has 1 N–H and O–H groups in total. The van der Waals surface area contributed by atoms with E-state index >= 15 is 0 Å². The summed E-state index contributed by atoms with van der Waals surface area (Å²) in [6, 6.07) is 10.2. The van der Waals surface area contributed by atoms with Crippen LogP contribution in [0, 0.1) is 4.77 Å². The van der Waals surface area contributed by atoms with Gasteiger partial charge in [0.15, 0.2) is 10.6 Å². The molecule has 2 aromatic carbocycles. The number of methoxy groups -OCH3 is 2. The standard InChI is InChI=1S/C18H15F4N3O3S/c1-26-11-6-7-13(14(9-11)27-2)25-15(23-24-17(25)29)10-4-3-5-12(8-10)28-18(21,22)16(19)20/h3-9,16H,1-2H3,(H,24,29). The van der Waals surface area contributed by atoms with Gasteiger partial charge in [-0.15, -0.1) is 0 Å². The molecule has 0 spiro atoms. The lowest BCUT2D eigenvalue weighted by Gasteiger charge is -2.17. The van der Waals surface area contributed by atoms with Gasteiger partial charge in [0.25, 0.3) is 0 Å². The Balaban J connectivity index is 2.08. The van der Waals surface area contributed by atoms with Gasteiger partial charge in [-0.05, 0) is 36.5 Å². The van der Waals surface area contributed by atoms with Crippen LogP contribution in [0.25, 0.3) is 17.1 Å². The minimum atomic E-state index is -4.62. The van der Waals surface area contributed by atoms with Crippen LogP contribution in [0.1, 0.15) is 0 Å². The maximum absolute atomic E-state index is 13.2. The minimum Gasteiger partial charge on any atom is -0.497 e. The van der Waals surface area contributed by atoms with E-state index in [9.17, 15) is 17.6 Å². The topological polar surface area (TPSA) is 61.3 Å². The summed E-state index contributed by atoms with van der Waals surface area (Å²) in [6.45, 7) is 0. The third-order valence-electron chi connectivity index (χ3n) is 3.90. The number of alkyl halides is 4. The predicted molar refractivity (Wildman–Crippen MR) is 98.9 cm³/mol. The van der Waals surface area contributed by atoms with E-state index in [1.54, 1.807) is 24.3 Å². The van der Waals surface area contributed by atoms with E-state index < -0.39 is 18.3 Å². The van der Waals surface area contributed by atoms with Crippen molar-refractivity contribution in [1.29, 1.82) is 0 Å². The third kappa shape index (κ3) is 4.19. The molecular formula is C18H15F4N3O3S. The molecule has 0 saturated carbocycles. The van der Waals surface area contributed by atoms with E-state index in [0.29, 0.717) is 22.7 Å². The smallest absolute Gasteiger partial charge is 0.461 e. The van der Waals surface area contributed by atoms with Crippen molar-refractivity contribution in [3.63, 3.8) is 0 Å². The van der Waals surface area contributed by atoms with E-state index in [0.717, 1.165) is 12.1 Å². The minimum absolute atomic E-state index is 0.202. The van der Waals surface area contributed by atoms with Crippen LogP contribution in [-0.4, -0.2) is 41.5 Å². The molecule has 0 amide bonds. The first-order valence-corrected chi connectivity index (χ1v) is 8.53. The van der Waals surface area contributed by atoms with Crippen molar-refractivity contribution in [3.05, 3.63) is 47.2 Å². The molecule has 0 bridgehead atoms. The third-order valence-corrected chi connectivity index (χ3v) is 4.17. The number of hydrogen-bond acceptors (Lipinski definition) is 5. The van der Waals surface area contributed by atoms with Crippen molar-refractivity contribution in [2.75, 3.05) is 14.2 Å². The van der Waals surface area contributed by atoms with Gasteiger partial charge in [-0.3, -0.25) is 9.67 Å². The molecule has 6 nitrogen and oxygen atoms in total. The predicted octanol–water partition coefficient (Wildman–Crippen LogP) is 4.85. The van der Waals surface area contributed by atoms with E-state index in [2.05, 4.69) is 14.9 Å². The number of nitrogens with one attached hydrogen (secondary N) is 1. The first kappa shape index (κ1) is 20.6. The van der Waals surface area contributed by atoms with Gasteiger partial charge in [0, 0.05) is 11.6 Å². The Morgan fingerprint density at radius 2 is 1.83 bits per heavy atom. The average molecular weight is 429 g/mol. The zero-order chi connectivity index (χ0) is 21.2. The largest absolute Gasteiger partial charge is 0.497 e. The summed E-state index contributed by atoms with van der Waals surface area (Å²) in [4.78, 5) is 0.